The molecule has 3 rings (SSSR count). The number of amides is 2. The van der Waals surface area contributed by atoms with Crippen LogP contribution in [0.5, 0.6) is 5.75 Å². The highest BCUT2D eigenvalue weighted by atomic mass is 32.2. The zero-order valence-electron chi connectivity index (χ0n) is 19.6. The van der Waals surface area contributed by atoms with Crippen LogP contribution < -0.4 is 4.74 Å². The molecule has 9 nitrogen and oxygen atoms in total. The number of sulfonamides is 1. The molecule has 2 aromatic rings. The van der Waals surface area contributed by atoms with Gasteiger partial charge in [0.25, 0.3) is 0 Å². The van der Waals surface area contributed by atoms with Gasteiger partial charge in [-0.2, -0.15) is 4.31 Å². The van der Waals surface area contributed by atoms with Crippen molar-refractivity contribution in [2.75, 3.05) is 45.9 Å². The van der Waals surface area contributed by atoms with E-state index in [1.807, 2.05) is 37.3 Å². The van der Waals surface area contributed by atoms with Crippen LogP contribution in [0.3, 0.4) is 0 Å². The van der Waals surface area contributed by atoms with Gasteiger partial charge in [0.2, 0.25) is 15.9 Å². The number of benzene rings is 2. The van der Waals surface area contributed by atoms with Gasteiger partial charge in [0, 0.05) is 32.7 Å². The monoisotopic (exact) mass is 489 g/mol. The van der Waals surface area contributed by atoms with Gasteiger partial charge >= 0.3 is 6.09 Å². The van der Waals surface area contributed by atoms with Crippen LogP contribution in [0, 0.1) is 0 Å². The van der Waals surface area contributed by atoms with Crippen molar-refractivity contribution in [1.29, 1.82) is 0 Å². The zero-order chi connectivity index (χ0) is 24.6. The van der Waals surface area contributed by atoms with Crippen LogP contribution >= 0.6 is 0 Å². The number of hydrogen-bond acceptors (Lipinski definition) is 6. The van der Waals surface area contributed by atoms with Gasteiger partial charge < -0.3 is 19.3 Å². The third kappa shape index (κ3) is 6.48. The first-order chi connectivity index (χ1) is 16.3. The summed E-state index contributed by atoms with van der Waals surface area (Å²) < 4.78 is 38.6. The molecule has 0 spiro atoms. The number of nitrogens with zero attached hydrogens (tertiary/aromatic N) is 3. The molecule has 10 heteroatoms. The van der Waals surface area contributed by atoms with Crippen LogP contribution in [0.2, 0.25) is 0 Å². The second-order valence-electron chi connectivity index (χ2n) is 7.73. The lowest BCUT2D eigenvalue weighted by atomic mass is 10.2. The van der Waals surface area contributed by atoms with E-state index in [-0.39, 0.29) is 30.5 Å². The van der Waals surface area contributed by atoms with E-state index in [1.54, 1.807) is 28.9 Å². The summed E-state index contributed by atoms with van der Waals surface area (Å²) in [6.45, 7) is 5.44. The quantitative estimate of drug-likeness (QED) is 0.537. The van der Waals surface area contributed by atoms with Crippen molar-refractivity contribution >= 4 is 22.0 Å². The van der Waals surface area contributed by atoms with Crippen LogP contribution in [0.1, 0.15) is 19.4 Å². The lowest BCUT2D eigenvalue weighted by molar-refractivity contribution is -0.133. The third-order valence-electron chi connectivity index (χ3n) is 5.44. The van der Waals surface area contributed by atoms with Crippen LogP contribution in [-0.2, 0) is 26.1 Å². The minimum atomic E-state index is -3.95. The minimum absolute atomic E-state index is 0.0604. The fraction of sp³-hybridized carbons (Fsp3) is 0.417. The summed E-state index contributed by atoms with van der Waals surface area (Å²) in [5.74, 6) is 0.264. The van der Waals surface area contributed by atoms with Gasteiger partial charge in [0.1, 0.15) is 5.75 Å². The van der Waals surface area contributed by atoms with E-state index in [2.05, 4.69) is 0 Å². The second-order valence-corrected chi connectivity index (χ2v) is 9.67. The molecule has 0 unspecified atom stereocenters. The molecule has 0 radical (unpaired) electrons. The van der Waals surface area contributed by atoms with Gasteiger partial charge in [-0.05, 0) is 43.7 Å². The Morgan fingerprint density at radius 2 is 1.50 bits per heavy atom. The Balaban J connectivity index is 1.75. The summed E-state index contributed by atoms with van der Waals surface area (Å²) >= 11 is 0. The standard InChI is InChI=1S/C24H31N3O6S/c1-3-32-21-10-12-22(13-11-21)34(30,31)27(18-20-8-6-5-7-9-20)19-23(28)25-14-16-26(17-15-25)24(29)33-4-2/h5-13H,3-4,14-19H2,1-2H3. The average molecular weight is 490 g/mol. The molecule has 0 aliphatic carbocycles. The van der Waals surface area contributed by atoms with Crippen molar-refractivity contribution < 1.29 is 27.5 Å². The first kappa shape index (κ1) is 25.5. The molecule has 1 aliphatic rings. The first-order valence-electron chi connectivity index (χ1n) is 11.3. The van der Waals surface area contributed by atoms with Crippen LogP contribution in [0.25, 0.3) is 0 Å². The Labute approximate surface area is 200 Å². The molecule has 1 heterocycles. The first-order valence-corrected chi connectivity index (χ1v) is 12.8. The van der Waals surface area contributed by atoms with Gasteiger partial charge in [-0.25, -0.2) is 13.2 Å². The Morgan fingerprint density at radius 1 is 0.882 bits per heavy atom. The Morgan fingerprint density at radius 3 is 2.09 bits per heavy atom. The van der Waals surface area contributed by atoms with E-state index in [1.165, 1.54) is 16.4 Å². The highest BCUT2D eigenvalue weighted by Gasteiger charge is 2.31. The zero-order valence-corrected chi connectivity index (χ0v) is 20.4. The molecule has 184 valence electrons. The second kappa shape index (κ2) is 11.8. The Kier molecular flexibility index (Phi) is 8.89. The molecule has 1 fully saturated rings. The topological polar surface area (TPSA) is 96.5 Å². The molecule has 2 amide bonds. The molecule has 2 aromatic carbocycles. The largest absolute Gasteiger partial charge is 0.494 e. The molecule has 1 saturated heterocycles. The van der Waals surface area contributed by atoms with E-state index in [9.17, 15) is 18.0 Å². The lowest BCUT2D eigenvalue weighted by Gasteiger charge is -2.35. The van der Waals surface area contributed by atoms with Crippen molar-refractivity contribution in [3.8, 4) is 5.75 Å². The minimum Gasteiger partial charge on any atom is -0.494 e. The van der Waals surface area contributed by atoms with Crippen molar-refractivity contribution in [3.05, 3.63) is 60.2 Å². The van der Waals surface area contributed by atoms with Crippen molar-refractivity contribution in [2.24, 2.45) is 0 Å². The fourth-order valence-corrected chi connectivity index (χ4v) is 5.02. The molecule has 34 heavy (non-hydrogen) atoms. The SMILES string of the molecule is CCOC(=O)N1CCN(C(=O)CN(Cc2ccccc2)S(=O)(=O)c2ccc(OCC)cc2)CC1. The van der Waals surface area contributed by atoms with Crippen molar-refractivity contribution in [3.63, 3.8) is 0 Å². The van der Waals surface area contributed by atoms with E-state index in [4.69, 9.17) is 9.47 Å². The van der Waals surface area contributed by atoms with E-state index in [0.717, 1.165) is 5.56 Å². The molecular weight excluding hydrogens is 458 g/mol. The fourth-order valence-electron chi connectivity index (χ4n) is 3.64. The smallest absolute Gasteiger partial charge is 0.409 e. The van der Waals surface area contributed by atoms with E-state index >= 15 is 0 Å². The highest BCUT2D eigenvalue weighted by Crippen LogP contribution is 2.22. The normalized spacial score (nSPS) is 14.2. The van der Waals surface area contributed by atoms with Crippen molar-refractivity contribution in [1.82, 2.24) is 14.1 Å². The molecule has 0 bridgehead atoms. The molecular formula is C24H31N3O6S. The number of ether oxygens (including phenoxy) is 2. The molecule has 0 saturated carbocycles. The van der Waals surface area contributed by atoms with E-state index in [0.29, 0.717) is 38.5 Å². The number of carbonyl (C=O) groups is 2. The van der Waals surface area contributed by atoms with Gasteiger partial charge in [0.05, 0.1) is 24.7 Å². The summed E-state index contributed by atoms with van der Waals surface area (Å²) in [6.07, 6.45) is -0.404. The highest BCUT2D eigenvalue weighted by molar-refractivity contribution is 7.89. The van der Waals surface area contributed by atoms with Crippen LogP contribution in [0.15, 0.2) is 59.5 Å². The van der Waals surface area contributed by atoms with Crippen LogP contribution in [-0.4, -0.2) is 80.5 Å². The third-order valence-corrected chi connectivity index (χ3v) is 7.25. The molecule has 0 aromatic heterocycles. The average Bonchev–Trinajstić information content (AvgIpc) is 2.85. The van der Waals surface area contributed by atoms with Gasteiger partial charge in [-0.1, -0.05) is 30.3 Å². The number of piperazine rings is 1. The molecule has 1 aliphatic heterocycles. The number of hydrogen-bond donors (Lipinski definition) is 0. The summed E-state index contributed by atoms with van der Waals surface area (Å²) in [5, 5.41) is 0. The summed E-state index contributed by atoms with van der Waals surface area (Å²) in [7, 11) is -3.95. The Hall–Kier alpha value is -3.11. The molecule has 0 N–H and O–H groups in total. The predicted molar refractivity (Wildman–Crippen MR) is 127 cm³/mol. The number of rotatable bonds is 9. The van der Waals surface area contributed by atoms with Gasteiger partial charge in [-0.15, -0.1) is 0 Å². The lowest BCUT2D eigenvalue weighted by Crippen LogP contribution is -2.53. The van der Waals surface area contributed by atoms with Gasteiger partial charge in [0.15, 0.2) is 0 Å². The summed E-state index contributed by atoms with van der Waals surface area (Å²) in [4.78, 5) is 28.2. The maximum atomic E-state index is 13.5. The Bertz CT molecular complexity index is 1050. The molecule has 0 atom stereocenters. The van der Waals surface area contributed by atoms with Crippen molar-refractivity contribution in [2.45, 2.75) is 25.3 Å². The summed E-state index contributed by atoms with van der Waals surface area (Å²) in [6, 6.07) is 15.3. The predicted octanol–water partition coefficient (Wildman–Crippen LogP) is 2.58. The van der Waals surface area contributed by atoms with Crippen LogP contribution in [0.4, 0.5) is 4.79 Å². The summed E-state index contributed by atoms with van der Waals surface area (Å²) in [5.41, 5.74) is 0.775. The van der Waals surface area contributed by atoms with Gasteiger partial charge in [-0.3, -0.25) is 4.79 Å². The van der Waals surface area contributed by atoms with E-state index < -0.39 is 16.1 Å². The number of carbonyl (C=O) groups excluding carboxylic acids is 2. The maximum absolute atomic E-state index is 13.5. The maximum Gasteiger partial charge on any atom is 0.409 e.